The van der Waals surface area contributed by atoms with Gasteiger partial charge in [0.2, 0.25) is 0 Å². The van der Waals surface area contributed by atoms with E-state index in [1.807, 2.05) is 0 Å². The molecule has 19 heteroatoms. The minimum Gasteiger partial charge on any atom is -0.462 e. The largest absolute Gasteiger partial charge is 0.472 e. The van der Waals surface area contributed by atoms with Crippen molar-refractivity contribution in [2.24, 2.45) is 17.8 Å². The summed E-state index contributed by atoms with van der Waals surface area (Å²) < 4.78 is 69.1. The van der Waals surface area contributed by atoms with E-state index >= 15 is 0 Å². The number of hydrogen-bond donors (Lipinski definition) is 3. The van der Waals surface area contributed by atoms with Gasteiger partial charge in [0, 0.05) is 25.7 Å². The van der Waals surface area contributed by atoms with Gasteiger partial charge in [-0.2, -0.15) is 0 Å². The van der Waals surface area contributed by atoms with Crippen molar-refractivity contribution >= 4 is 39.5 Å². The zero-order valence-corrected chi connectivity index (χ0v) is 75.2. The smallest absolute Gasteiger partial charge is 0.462 e. The molecule has 0 radical (unpaired) electrons. The fourth-order valence-corrected chi connectivity index (χ4v) is 15.9. The maximum absolute atomic E-state index is 13.2. The van der Waals surface area contributed by atoms with Crippen molar-refractivity contribution < 1.29 is 80.2 Å². The average molecular weight is 1620 g/mol. The molecule has 0 aliphatic carbocycles. The molecule has 0 saturated heterocycles. The molecule has 0 aromatic heterocycles. The summed E-state index contributed by atoms with van der Waals surface area (Å²) in [7, 11) is -9.94. The predicted molar refractivity (Wildman–Crippen MR) is 460 cm³/mol. The van der Waals surface area contributed by atoms with Gasteiger partial charge in [-0.05, 0) is 43.4 Å². The van der Waals surface area contributed by atoms with Crippen LogP contribution in [0.4, 0.5) is 0 Å². The van der Waals surface area contributed by atoms with Crippen LogP contribution >= 0.6 is 15.6 Å². The fourth-order valence-electron chi connectivity index (χ4n) is 14.4. The van der Waals surface area contributed by atoms with E-state index in [0.717, 1.165) is 108 Å². The molecule has 111 heavy (non-hydrogen) atoms. The predicted octanol–water partition coefficient (Wildman–Crippen LogP) is 28.4. The summed E-state index contributed by atoms with van der Waals surface area (Å²) in [5.74, 6) is 0.338. The lowest BCUT2D eigenvalue weighted by Crippen LogP contribution is -2.30. The Labute approximate surface area is 683 Å². The van der Waals surface area contributed by atoms with E-state index < -0.39 is 97.5 Å². The Kier molecular flexibility index (Phi) is 80.4. The van der Waals surface area contributed by atoms with Crippen LogP contribution in [0.15, 0.2) is 0 Å². The molecule has 0 amide bonds. The van der Waals surface area contributed by atoms with E-state index in [9.17, 15) is 43.2 Å². The van der Waals surface area contributed by atoms with Crippen LogP contribution in [0.3, 0.4) is 0 Å². The number of phosphoric acid groups is 2. The summed E-state index contributed by atoms with van der Waals surface area (Å²) in [6.07, 6.45) is 75.0. The third-order valence-electron chi connectivity index (χ3n) is 22.4. The van der Waals surface area contributed by atoms with Crippen molar-refractivity contribution in [1.82, 2.24) is 0 Å². The lowest BCUT2D eigenvalue weighted by Gasteiger charge is -2.21. The molecule has 3 N–H and O–H groups in total. The van der Waals surface area contributed by atoms with E-state index in [1.54, 1.807) is 0 Å². The first-order valence-corrected chi connectivity index (χ1v) is 50.4. The molecule has 4 unspecified atom stereocenters. The third-order valence-corrected chi connectivity index (χ3v) is 24.3. The Hall–Kier alpha value is -1.94. The molecular weight excluding hydrogens is 1440 g/mol. The first-order valence-electron chi connectivity index (χ1n) is 47.4. The number of phosphoric ester groups is 2. The molecule has 660 valence electrons. The highest BCUT2D eigenvalue weighted by Gasteiger charge is 2.31. The lowest BCUT2D eigenvalue weighted by atomic mass is 9.99. The average Bonchev–Trinajstić information content (AvgIpc) is 0.918. The van der Waals surface area contributed by atoms with Gasteiger partial charge >= 0.3 is 39.5 Å². The second-order valence-electron chi connectivity index (χ2n) is 34.0. The first kappa shape index (κ1) is 109. The van der Waals surface area contributed by atoms with Crippen molar-refractivity contribution in [2.75, 3.05) is 39.6 Å². The zero-order chi connectivity index (χ0) is 81.5. The van der Waals surface area contributed by atoms with Crippen LogP contribution in [0, 0.1) is 17.8 Å². The third kappa shape index (κ3) is 82.9. The van der Waals surface area contributed by atoms with Gasteiger partial charge in [0.1, 0.15) is 19.3 Å². The molecule has 0 heterocycles. The monoisotopic (exact) mass is 1620 g/mol. The Morgan fingerprint density at radius 1 is 0.261 bits per heavy atom. The molecule has 0 aromatic rings. The summed E-state index contributed by atoms with van der Waals surface area (Å²) in [6.45, 7) is 12.1. The zero-order valence-electron chi connectivity index (χ0n) is 73.4. The molecule has 0 saturated carbocycles. The highest BCUT2D eigenvalue weighted by atomic mass is 31.2. The molecule has 0 aliphatic heterocycles. The van der Waals surface area contributed by atoms with Crippen LogP contribution < -0.4 is 0 Å². The number of carbonyl (C=O) groups is 4. The Bertz CT molecular complexity index is 2130. The van der Waals surface area contributed by atoms with Crippen molar-refractivity contribution in [3.63, 3.8) is 0 Å². The van der Waals surface area contributed by atoms with Crippen LogP contribution in [0.2, 0.25) is 0 Å². The molecule has 7 atom stereocenters. The SMILES string of the molecule is CCCCCCCCCCCCCCCCCCCCCCCCC(=O)O[C@H](COC(=O)CCCCCCCCCCCCCCCCCCC(C)C)COP(=O)(O)OC[C@@H](O)COP(=O)(O)OC[C@@H](COC(=O)CCCCCCCCCCC(C)CC)OC(=O)CCCCCCCCCCCCCCCCC(C)CC. The molecule has 0 rings (SSSR count). The number of hydrogen-bond acceptors (Lipinski definition) is 15. The first-order chi connectivity index (χ1) is 53.8. The van der Waals surface area contributed by atoms with Gasteiger partial charge in [-0.3, -0.25) is 37.3 Å². The maximum Gasteiger partial charge on any atom is 0.472 e. The minimum atomic E-state index is -4.97. The van der Waals surface area contributed by atoms with Crippen molar-refractivity contribution in [1.29, 1.82) is 0 Å². The van der Waals surface area contributed by atoms with Crippen LogP contribution in [0.1, 0.15) is 492 Å². The quantitative estimate of drug-likeness (QED) is 0.0222. The fraction of sp³-hybridized carbons (Fsp3) is 0.957. The highest BCUT2D eigenvalue weighted by Crippen LogP contribution is 2.45. The molecular formula is C92H180O17P2. The number of rotatable bonds is 90. The van der Waals surface area contributed by atoms with Crippen molar-refractivity contribution in [3.8, 4) is 0 Å². The van der Waals surface area contributed by atoms with E-state index in [2.05, 4.69) is 48.5 Å². The summed E-state index contributed by atoms with van der Waals surface area (Å²) in [4.78, 5) is 73.5. The molecule has 0 bridgehead atoms. The van der Waals surface area contributed by atoms with Gasteiger partial charge in [-0.1, -0.05) is 440 Å². The summed E-state index contributed by atoms with van der Waals surface area (Å²) >= 11 is 0. The minimum absolute atomic E-state index is 0.107. The van der Waals surface area contributed by atoms with Crippen molar-refractivity contribution in [3.05, 3.63) is 0 Å². The summed E-state index contributed by atoms with van der Waals surface area (Å²) in [5.41, 5.74) is 0. The number of unbranched alkanes of at least 4 members (excludes halogenated alkanes) is 56. The Morgan fingerprint density at radius 3 is 0.685 bits per heavy atom. The van der Waals surface area contributed by atoms with Gasteiger partial charge in [0.25, 0.3) is 0 Å². The lowest BCUT2D eigenvalue weighted by molar-refractivity contribution is -0.161. The van der Waals surface area contributed by atoms with Gasteiger partial charge in [-0.25, -0.2) is 9.13 Å². The number of ether oxygens (including phenoxy) is 4. The van der Waals surface area contributed by atoms with Crippen LogP contribution in [0.25, 0.3) is 0 Å². The maximum atomic E-state index is 13.2. The highest BCUT2D eigenvalue weighted by molar-refractivity contribution is 7.47. The van der Waals surface area contributed by atoms with Crippen LogP contribution in [-0.2, 0) is 65.4 Å². The molecule has 0 aliphatic rings. The van der Waals surface area contributed by atoms with Crippen LogP contribution in [0.5, 0.6) is 0 Å². The van der Waals surface area contributed by atoms with Gasteiger partial charge in [-0.15, -0.1) is 0 Å². The summed E-state index contributed by atoms with van der Waals surface area (Å²) in [6, 6.07) is 0. The summed E-state index contributed by atoms with van der Waals surface area (Å²) in [5, 5.41) is 10.7. The number of aliphatic hydroxyl groups is 1. The topological polar surface area (TPSA) is 237 Å². The second-order valence-corrected chi connectivity index (χ2v) is 36.9. The molecule has 17 nitrogen and oxygen atoms in total. The van der Waals surface area contributed by atoms with Gasteiger partial charge < -0.3 is 33.8 Å². The van der Waals surface area contributed by atoms with Crippen molar-refractivity contribution in [2.45, 2.75) is 510 Å². The van der Waals surface area contributed by atoms with Gasteiger partial charge in [0.15, 0.2) is 12.2 Å². The number of esters is 4. The van der Waals surface area contributed by atoms with Crippen LogP contribution in [-0.4, -0.2) is 96.7 Å². The standard InChI is InChI=1S/C92H180O17P2/c1-8-11-12-13-14-15-16-17-18-19-20-21-22-23-24-29-35-40-45-54-61-68-75-91(96)108-87(79-102-89(94)73-66-59-52-44-39-34-28-26-25-27-32-37-42-49-56-63-70-83(4)5)81-106-110(98,99)104-77-86(93)78-105-111(100,101)107-82-88(80-103-90(95)74-67-60-53-48-47-51-58-65-72-85(7)10-3)109-92(97)76-69-62-55-46-41-36-31-30-33-38-43-50-57-64-71-84(6)9-2/h83-88,93H,8-82H2,1-7H3,(H,98,99)(H,100,101)/t84?,85?,86-,87-,88-/m1/s1. The van der Waals surface area contributed by atoms with E-state index in [4.69, 9.17) is 37.0 Å². The molecule has 0 fully saturated rings. The molecule has 0 spiro atoms. The number of carbonyl (C=O) groups excluding carboxylic acids is 4. The van der Waals surface area contributed by atoms with E-state index in [1.165, 1.54) is 302 Å². The molecule has 0 aromatic carbocycles. The Morgan fingerprint density at radius 2 is 0.459 bits per heavy atom. The Balaban J connectivity index is 5.25. The second kappa shape index (κ2) is 81.8. The van der Waals surface area contributed by atoms with Gasteiger partial charge in [0.05, 0.1) is 26.4 Å². The van der Waals surface area contributed by atoms with E-state index in [-0.39, 0.29) is 25.7 Å². The normalized spacial score (nSPS) is 14.3. The van der Waals surface area contributed by atoms with E-state index in [0.29, 0.717) is 25.7 Å². The number of aliphatic hydroxyl groups excluding tert-OH is 1.